The first-order chi connectivity index (χ1) is 8.42. The summed E-state index contributed by atoms with van der Waals surface area (Å²) in [7, 11) is 0. The minimum absolute atomic E-state index is 0.461. The SMILES string of the molecule is c1ccc2nc(OC[C@H]3CCCN3)cnc2c1. The van der Waals surface area contributed by atoms with Crippen LogP contribution in [0.25, 0.3) is 11.0 Å². The molecule has 1 N–H and O–H groups in total. The normalized spacial score (nSPS) is 19.6. The number of hydrogen-bond donors (Lipinski definition) is 1. The van der Waals surface area contributed by atoms with E-state index < -0.39 is 0 Å². The van der Waals surface area contributed by atoms with E-state index in [-0.39, 0.29) is 0 Å². The van der Waals surface area contributed by atoms with E-state index >= 15 is 0 Å². The van der Waals surface area contributed by atoms with E-state index in [0.717, 1.165) is 17.6 Å². The molecule has 1 aliphatic rings. The molecule has 1 aromatic heterocycles. The van der Waals surface area contributed by atoms with E-state index in [1.54, 1.807) is 6.20 Å². The fourth-order valence-corrected chi connectivity index (χ4v) is 2.09. The van der Waals surface area contributed by atoms with Crippen LogP contribution in [0.3, 0.4) is 0 Å². The summed E-state index contributed by atoms with van der Waals surface area (Å²) in [5.41, 5.74) is 1.78. The molecule has 88 valence electrons. The van der Waals surface area contributed by atoms with Gasteiger partial charge in [-0.25, -0.2) is 9.97 Å². The second kappa shape index (κ2) is 4.67. The van der Waals surface area contributed by atoms with Gasteiger partial charge in [0, 0.05) is 6.04 Å². The first-order valence-electron chi connectivity index (χ1n) is 6.00. The Kier molecular flexibility index (Phi) is 2.88. The van der Waals surface area contributed by atoms with Gasteiger partial charge in [0.15, 0.2) is 0 Å². The Balaban J connectivity index is 1.72. The van der Waals surface area contributed by atoms with E-state index in [9.17, 15) is 0 Å². The third-order valence-corrected chi connectivity index (χ3v) is 3.02. The molecule has 0 bridgehead atoms. The molecule has 4 heteroatoms. The van der Waals surface area contributed by atoms with E-state index in [2.05, 4.69) is 15.3 Å². The monoisotopic (exact) mass is 229 g/mol. The Morgan fingerprint density at radius 2 is 2.18 bits per heavy atom. The van der Waals surface area contributed by atoms with Crippen LogP contribution in [0, 0.1) is 0 Å². The lowest BCUT2D eigenvalue weighted by atomic mass is 10.2. The first kappa shape index (κ1) is 10.5. The number of aromatic nitrogens is 2. The Morgan fingerprint density at radius 3 is 3.00 bits per heavy atom. The van der Waals surface area contributed by atoms with Gasteiger partial charge in [0.1, 0.15) is 6.61 Å². The van der Waals surface area contributed by atoms with Crippen molar-refractivity contribution in [1.82, 2.24) is 15.3 Å². The third-order valence-electron chi connectivity index (χ3n) is 3.02. The summed E-state index contributed by atoms with van der Waals surface area (Å²) in [6.07, 6.45) is 4.11. The maximum absolute atomic E-state index is 5.66. The van der Waals surface area contributed by atoms with E-state index in [1.165, 1.54) is 12.8 Å². The summed E-state index contributed by atoms with van der Waals surface area (Å²) in [4.78, 5) is 8.74. The van der Waals surface area contributed by atoms with Gasteiger partial charge in [-0.1, -0.05) is 12.1 Å². The molecular formula is C13H15N3O. The van der Waals surface area contributed by atoms with Gasteiger partial charge in [-0.15, -0.1) is 0 Å². The van der Waals surface area contributed by atoms with Crippen molar-refractivity contribution >= 4 is 11.0 Å². The zero-order chi connectivity index (χ0) is 11.5. The molecule has 1 aromatic carbocycles. The molecule has 4 nitrogen and oxygen atoms in total. The molecule has 0 aliphatic carbocycles. The number of ether oxygens (including phenoxy) is 1. The Bertz CT molecular complexity index is 509. The molecule has 1 atom stereocenters. The fourth-order valence-electron chi connectivity index (χ4n) is 2.09. The summed E-state index contributed by atoms with van der Waals surface area (Å²) in [6, 6.07) is 8.27. The van der Waals surface area contributed by atoms with Gasteiger partial charge in [0.05, 0.1) is 17.2 Å². The van der Waals surface area contributed by atoms with Gasteiger partial charge in [0.25, 0.3) is 0 Å². The van der Waals surface area contributed by atoms with Gasteiger partial charge >= 0.3 is 0 Å². The van der Waals surface area contributed by atoms with Crippen molar-refractivity contribution in [3.63, 3.8) is 0 Å². The average molecular weight is 229 g/mol. The van der Waals surface area contributed by atoms with Crippen LogP contribution in [0.1, 0.15) is 12.8 Å². The lowest BCUT2D eigenvalue weighted by Crippen LogP contribution is -2.28. The number of nitrogens with one attached hydrogen (secondary N) is 1. The first-order valence-corrected chi connectivity index (χ1v) is 6.00. The number of benzene rings is 1. The molecule has 17 heavy (non-hydrogen) atoms. The smallest absolute Gasteiger partial charge is 0.232 e. The Labute approximate surface area is 100 Å². The van der Waals surface area contributed by atoms with Crippen LogP contribution in [-0.2, 0) is 0 Å². The molecule has 1 fully saturated rings. The summed E-state index contributed by atoms with van der Waals surface area (Å²) in [5.74, 6) is 0.609. The van der Waals surface area contributed by atoms with Crippen LogP contribution < -0.4 is 10.1 Å². The van der Waals surface area contributed by atoms with Gasteiger partial charge in [-0.3, -0.25) is 0 Å². The Hall–Kier alpha value is -1.68. The lowest BCUT2D eigenvalue weighted by molar-refractivity contribution is 0.267. The maximum atomic E-state index is 5.66. The van der Waals surface area contributed by atoms with Crippen molar-refractivity contribution in [1.29, 1.82) is 0 Å². The molecule has 1 aliphatic heterocycles. The second-order valence-electron chi connectivity index (χ2n) is 4.30. The molecular weight excluding hydrogens is 214 g/mol. The van der Waals surface area contributed by atoms with Crippen LogP contribution in [0.2, 0.25) is 0 Å². The molecule has 0 saturated carbocycles. The second-order valence-corrected chi connectivity index (χ2v) is 4.30. The minimum Gasteiger partial charge on any atom is -0.475 e. The van der Waals surface area contributed by atoms with Crippen molar-refractivity contribution in [3.05, 3.63) is 30.5 Å². The highest BCUT2D eigenvalue weighted by atomic mass is 16.5. The molecule has 0 spiro atoms. The quantitative estimate of drug-likeness (QED) is 0.871. The predicted octanol–water partition coefficient (Wildman–Crippen LogP) is 1.76. The average Bonchev–Trinajstić information content (AvgIpc) is 2.89. The van der Waals surface area contributed by atoms with Crippen LogP contribution in [0.15, 0.2) is 30.5 Å². The number of fused-ring (bicyclic) bond motifs is 1. The number of para-hydroxylation sites is 2. The maximum Gasteiger partial charge on any atom is 0.232 e. The summed E-state index contributed by atoms with van der Waals surface area (Å²) in [6.45, 7) is 1.77. The highest BCUT2D eigenvalue weighted by molar-refractivity contribution is 5.73. The standard InChI is InChI=1S/C13H15N3O/c1-2-6-12-11(5-1)15-8-13(16-12)17-9-10-4-3-7-14-10/h1-2,5-6,8,10,14H,3-4,7,9H2/t10-/m1/s1. The van der Waals surface area contributed by atoms with Gasteiger partial charge < -0.3 is 10.1 Å². The number of rotatable bonds is 3. The molecule has 0 radical (unpaired) electrons. The predicted molar refractivity (Wildman–Crippen MR) is 66.1 cm³/mol. The van der Waals surface area contributed by atoms with Crippen LogP contribution in [0.4, 0.5) is 0 Å². The van der Waals surface area contributed by atoms with E-state index in [4.69, 9.17) is 4.74 Å². The third kappa shape index (κ3) is 2.36. The fraction of sp³-hybridized carbons (Fsp3) is 0.385. The van der Waals surface area contributed by atoms with Crippen molar-refractivity contribution < 1.29 is 4.74 Å². The number of hydrogen-bond acceptors (Lipinski definition) is 4. The van der Waals surface area contributed by atoms with Crippen LogP contribution in [0.5, 0.6) is 5.88 Å². The van der Waals surface area contributed by atoms with Crippen molar-refractivity contribution in [2.24, 2.45) is 0 Å². The highest BCUT2D eigenvalue weighted by Crippen LogP contribution is 2.14. The van der Waals surface area contributed by atoms with Crippen molar-refractivity contribution in [2.45, 2.75) is 18.9 Å². The summed E-state index contributed by atoms with van der Waals surface area (Å²) in [5, 5.41) is 3.39. The largest absolute Gasteiger partial charge is 0.475 e. The topological polar surface area (TPSA) is 47.0 Å². The van der Waals surface area contributed by atoms with Gasteiger partial charge in [0.2, 0.25) is 5.88 Å². The highest BCUT2D eigenvalue weighted by Gasteiger charge is 2.14. The van der Waals surface area contributed by atoms with Crippen LogP contribution in [-0.4, -0.2) is 29.2 Å². The molecule has 1 saturated heterocycles. The van der Waals surface area contributed by atoms with E-state index in [1.807, 2.05) is 24.3 Å². The molecule has 2 heterocycles. The Morgan fingerprint density at radius 1 is 1.29 bits per heavy atom. The van der Waals surface area contributed by atoms with Gasteiger partial charge in [-0.05, 0) is 31.5 Å². The van der Waals surface area contributed by atoms with Crippen molar-refractivity contribution in [3.8, 4) is 5.88 Å². The molecule has 2 aromatic rings. The van der Waals surface area contributed by atoms with Gasteiger partial charge in [-0.2, -0.15) is 0 Å². The zero-order valence-corrected chi connectivity index (χ0v) is 9.60. The molecule has 0 unspecified atom stereocenters. The van der Waals surface area contributed by atoms with Crippen LogP contribution >= 0.6 is 0 Å². The van der Waals surface area contributed by atoms with Crippen molar-refractivity contribution in [2.75, 3.05) is 13.2 Å². The molecule has 0 amide bonds. The number of nitrogens with zero attached hydrogens (tertiary/aromatic N) is 2. The summed E-state index contributed by atoms with van der Waals surface area (Å²) >= 11 is 0. The lowest BCUT2D eigenvalue weighted by Gasteiger charge is -2.11. The summed E-state index contributed by atoms with van der Waals surface area (Å²) < 4.78 is 5.66. The van der Waals surface area contributed by atoms with E-state index in [0.29, 0.717) is 18.5 Å². The zero-order valence-electron chi connectivity index (χ0n) is 9.60. The molecule has 3 rings (SSSR count). The minimum atomic E-state index is 0.461.